The van der Waals surface area contributed by atoms with Crippen molar-refractivity contribution in [1.82, 2.24) is 13.9 Å². The van der Waals surface area contributed by atoms with Gasteiger partial charge in [-0.15, -0.1) is 0 Å². The molecule has 1 unspecified atom stereocenters. The first-order chi connectivity index (χ1) is 9.04. The summed E-state index contributed by atoms with van der Waals surface area (Å²) in [4.78, 5) is 0. The minimum Gasteiger partial charge on any atom is -0.380 e. The maximum absolute atomic E-state index is 12.3. The summed E-state index contributed by atoms with van der Waals surface area (Å²) in [6, 6.07) is 0.683. The van der Waals surface area contributed by atoms with Crippen LogP contribution in [0.4, 0.5) is 0 Å². The molecule has 0 aromatic rings. The molecule has 1 atom stereocenters. The molecular weight excluding hydrogens is 266 g/mol. The van der Waals surface area contributed by atoms with Gasteiger partial charge >= 0.3 is 0 Å². The van der Waals surface area contributed by atoms with E-state index in [-0.39, 0.29) is 6.10 Å². The summed E-state index contributed by atoms with van der Waals surface area (Å²) >= 11 is 0. The zero-order chi connectivity index (χ0) is 13.9. The summed E-state index contributed by atoms with van der Waals surface area (Å²) in [5.41, 5.74) is 0. The topological polar surface area (TPSA) is 61.9 Å². The zero-order valence-electron chi connectivity index (χ0n) is 11.8. The van der Waals surface area contributed by atoms with Crippen molar-refractivity contribution in [3.05, 3.63) is 0 Å². The van der Waals surface area contributed by atoms with Crippen molar-refractivity contribution in [2.24, 2.45) is 0 Å². The Labute approximate surface area is 116 Å². The molecule has 1 N–H and O–H groups in total. The molecule has 0 bridgehead atoms. The van der Waals surface area contributed by atoms with E-state index in [1.54, 1.807) is 14.2 Å². The first-order valence-electron chi connectivity index (χ1n) is 7.01. The molecule has 1 saturated heterocycles. The van der Waals surface area contributed by atoms with Gasteiger partial charge in [0.1, 0.15) is 0 Å². The van der Waals surface area contributed by atoms with E-state index < -0.39 is 10.2 Å². The number of ether oxygens (including phenoxy) is 1. The van der Waals surface area contributed by atoms with Gasteiger partial charge in [-0.3, -0.25) is 0 Å². The highest BCUT2D eigenvalue weighted by Crippen LogP contribution is 2.19. The molecule has 2 rings (SSSR count). The second-order valence-electron chi connectivity index (χ2n) is 5.42. The molecule has 0 spiro atoms. The maximum atomic E-state index is 12.3. The Morgan fingerprint density at radius 2 is 2.11 bits per heavy atom. The second kappa shape index (κ2) is 6.49. The van der Waals surface area contributed by atoms with E-state index in [1.165, 1.54) is 21.5 Å². The van der Waals surface area contributed by atoms with Crippen LogP contribution in [0, 0.1) is 0 Å². The van der Waals surface area contributed by atoms with Crippen LogP contribution < -0.4 is 5.32 Å². The van der Waals surface area contributed by atoms with Crippen LogP contribution in [0.1, 0.15) is 25.7 Å². The fraction of sp³-hybridized carbons (Fsp3) is 1.00. The van der Waals surface area contributed by atoms with Gasteiger partial charge in [0.05, 0.1) is 6.10 Å². The van der Waals surface area contributed by atoms with Gasteiger partial charge in [0.2, 0.25) is 0 Å². The largest absolute Gasteiger partial charge is 0.380 e. The summed E-state index contributed by atoms with van der Waals surface area (Å²) in [6.07, 6.45) is 4.21. The van der Waals surface area contributed by atoms with Crippen molar-refractivity contribution in [1.29, 1.82) is 0 Å². The van der Waals surface area contributed by atoms with E-state index in [2.05, 4.69) is 5.32 Å². The van der Waals surface area contributed by atoms with Crippen LogP contribution in [0.2, 0.25) is 0 Å². The van der Waals surface area contributed by atoms with Crippen molar-refractivity contribution in [2.75, 3.05) is 40.3 Å². The van der Waals surface area contributed by atoms with Crippen LogP contribution in [0.25, 0.3) is 0 Å². The monoisotopic (exact) mass is 291 g/mol. The van der Waals surface area contributed by atoms with E-state index in [1.807, 2.05) is 0 Å². The van der Waals surface area contributed by atoms with E-state index in [9.17, 15) is 8.42 Å². The normalized spacial score (nSPS) is 25.3. The molecule has 0 amide bonds. The molecule has 0 aromatic carbocycles. The third-order valence-electron chi connectivity index (χ3n) is 3.82. The Morgan fingerprint density at radius 3 is 2.68 bits per heavy atom. The molecule has 19 heavy (non-hydrogen) atoms. The summed E-state index contributed by atoms with van der Waals surface area (Å²) in [5, 5.41) is 3.39. The zero-order valence-corrected chi connectivity index (χ0v) is 12.7. The van der Waals surface area contributed by atoms with E-state index in [0.29, 0.717) is 25.7 Å². The van der Waals surface area contributed by atoms with Gasteiger partial charge in [-0.25, -0.2) is 0 Å². The average molecular weight is 291 g/mol. The lowest BCUT2D eigenvalue weighted by molar-refractivity contribution is 0.114. The molecule has 6 nitrogen and oxygen atoms in total. The minimum absolute atomic E-state index is 0.0414. The number of methoxy groups -OCH3 is 1. The molecule has 0 radical (unpaired) electrons. The van der Waals surface area contributed by atoms with Crippen molar-refractivity contribution in [2.45, 2.75) is 37.8 Å². The van der Waals surface area contributed by atoms with Gasteiger partial charge in [0.25, 0.3) is 10.2 Å². The Kier molecular flexibility index (Phi) is 5.19. The standard InChI is InChI=1S/C12H25N3O3S/c1-14(8-3-7-13-11-4-5-11)19(16,17)15-9-6-12(10-15)18-2/h11-13H,3-10H2,1-2H3. The number of rotatable bonds is 8. The highest BCUT2D eigenvalue weighted by atomic mass is 32.2. The predicted octanol–water partition coefficient (Wildman–Crippen LogP) is 0.0258. The molecule has 1 aliphatic heterocycles. The summed E-state index contributed by atoms with van der Waals surface area (Å²) in [5.74, 6) is 0. The Balaban J connectivity index is 1.74. The number of hydrogen-bond donors (Lipinski definition) is 1. The highest BCUT2D eigenvalue weighted by molar-refractivity contribution is 7.86. The molecule has 1 saturated carbocycles. The summed E-state index contributed by atoms with van der Waals surface area (Å²) < 4.78 is 32.8. The maximum Gasteiger partial charge on any atom is 0.281 e. The first-order valence-corrected chi connectivity index (χ1v) is 8.41. The molecule has 1 heterocycles. The lowest BCUT2D eigenvalue weighted by Crippen LogP contribution is -2.42. The van der Waals surface area contributed by atoms with Gasteiger partial charge in [-0.05, 0) is 32.2 Å². The van der Waals surface area contributed by atoms with Crippen LogP contribution in [-0.4, -0.2) is 69.5 Å². The van der Waals surface area contributed by atoms with Crippen LogP contribution in [0.3, 0.4) is 0 Å². The molecule has 2 fully saturated rings. The van der Waals surface area contributed by atoms with Crippen molar-refractivity contribution in [3.8, 4) is 0 Å². The van der Waals surface area contributed by atoms with Crippen molar-refractivity contribution in [3.63, 3.8) is 0 Å². The van der Waals surface area contributed by atoms with Crippen LogP contribution in [-0.2, 0) is 14.9 Å². The Hall–Kier alpha value is -0.210. The molecule has 112 valence electrons. The Morgan fingerprint density at radius 1 is 1.37 bits per heavy atom. The molecule has 2 aliphatic rings. The third kappa shape index (κ3) is 4.13. The summed E-state index contributed by atoms with van der Waals surface area (Å²) in [6.45, 7) is 2.50. The lowest BCUT2D eigenvalue weighted by atomic mass is 10.3. The SMILES string of the molecule is COC1CCN(S(=O)(=O)N(C)CCCNC2CC2)C1. The van der Waals surface area contributed by atoms with Gasteiger partial charge in [-0.1, -0.05) is 0 Å². The average Bonchev–Trinajstić information content (AvgIpc) is 3.07. The number of nitrogens with zero attached hydrogens (tertiary/aromatic N) is 2. The van der Waals surface area contributed by atoms with E-state index >= 15 is 0 Å². The molecular formula is C12H25N3O3S. The van der Waals surface area contributed by atoms with E-state index in [4.69, 9.17) is 4.74 Å². The fourth-order valence-corrected chi connectivity index (χ4v) is 3.75. The van der Waals surface area contributed by atoms with E-state index in [0.717, 1.165) is 19.4 Å². The summed E-state index contributed by atoms with van der Waals surface area (Å²) in [7, 11) is -0.0156. The molecule has 7 heteroatoms. The predicted molar refractivity (Wildman–Crippen MR) is 74.2 cm³/mol. The smallest absolute Gasteiger partial charge is 0.281 e. The third-order valence-corrected chi connectivity index (χ3v) is 5.78. The fourth-order valence-electron chi connectivity index (χ4n) is 2.31. The molecule has 1 aliphatic carbocycles. The van der Waals surface area contributed by atoms with Crippen molar-refractivity contribution >= 4 is 10.2 Å². The number of hydrogen-bond acceptors (Lipinski definition) is 4. The van der Waals surface area contributed by atoms with Gasteiger partial charge in [-0.2, -0.15) is 17.0 Å². The Bertz CT molecular complexity index is 384. The van der Waals surface area contributed by atoms with Crippen LogP contribution in [0.5, 0.6) is 0 Å². The molecule has 0 aromatic heterocycles. The highest BCUT2D eigenvalue weighted by Gasteiger charge is 2.33. The van der Waals surface area contributed by atoms with Gasteiger partial charge in [0.15, 0.2) is 0 Å². The van der Waals surface area contributed by atoms with Crippen LogP contribution in [0.15, 0.2) is 0 Å². The van der Waals surface area contributed by atoms with Gasteiger partial charge in [0, 0.05) is 39.8 Å². The number of nitrogens with one attached hydrogen (secondary N) is 1. The van der Waals surface area contributed by atoms with Gasteiger partial charge < -0.3 is 10.1 Å². The quantitative estimate of drug-likeness (QED) is 0.641. The van der Waals surface area contributed by atoms with Crippen molar-refractivity contribution < 1.29 is 13.2 Å². The second-order valence-corrected chi connectivity index (χ2v) is 7.45. The first kappa shape index (κ1) is 15.2. The van der Waals surface area contributed by atoms with Crippen LogP contribution >= 0.6 is 0 Å². The minimum atomic E-state index is -3.31. The lowest BCUT2D eigenvalue weighted by Gasteiger charge is -2.24.